The zero-order chi connectivity index (χ0) is 19.7. The van der Waals surface area contributed by atoms with E-state index >= 15 is 0 Å². The molecule has 1 saturated carbocycles. The highest BCUT2D eigenvalue weighted by molar-refractivity contribution is 8.00. The Morgan fingerprint density at radius 1 is 1.32 bits per heavy atom. The van der Waals surface area contributed by atoms with Crippen LogP contribution in [0, 0.1) is 0 Å². The molecule has 1 aliphatic carbocycles. The van der Waals surface area contributed by atoms with E-state index in [1.165, 1.54) is 29.4 Å². The van der Waals surface area contributed by atoms with Crippen LogP contribution in [0.1, 0.15) is 28.8 Å². The summed E-state index contributed by atoms with van der Waals surface area (Å²) in [5.41, 5.74) is 0.824. The number of carboxylic acids is 1. The molecular formula is C20H19N3O4S. The van der Waals surface area contributed by atoms with Crippen LogP contribution in [0.2, 0.25) is 0 Å². The lowest BCUT2D eigenvalue weighted by atomic mass is 10.2. The number of pyridine rings is 1. The summed E-state index contributed by atoms with van der Waals surface area (Å²) in [6.07, 6.45) is 3.56. The van der Waals surface area contributed by atoms with E-state index in [-0.39, 0.29) is 16.2 Å². The van der Waals surface area contributed by atoms with Gasteiger partial charge in [-0.3, -0.25) is 4.79 Å². The second-order valence-electron chi connectivity index (χ2n) is 6.93. The number of nitrogens with zero attached hydrogens (tertiary/aromatic N) is 3. The van der Waals surface area contributed by atoms with Gasteiger partial charge in [0, 0.05) is 18.2 Å². The lowest BCUT2D eigenvalue weighted by Crippen LogP contribution is -2.25. The van der Waals surface area contributed by atoms with Gasteiger partial charge in [0.2, 0.25) is 0 Å². The third kappa shape index (κ3) is 3.60. The van der Waals surface area contributed by atoms with Crippen LogP contribution in [0.15, 0.2) is 47.4 Å². The number of thioether (sulfide) groups is 1. The Hall–Kier alpha value is -2.87. The second kappa shape index (κ2) is 7.27. The molecule has 0 bridgehead atoms. The molecule has 2 aromatic heterocycles. The van der Waals surface area contributed by atoms with Gasteiger partial charge in [-0.15, -0.1) is 16.9 Å². The van der Waals surface area contributed by atoms with E-state index in [1.807, 2.05) is 30.0 Å². The predicted molar refractivity (Wildman–Crippen MR) is 107 cm³/mol. The molecule has 144 valence electrons. The number of rotatable bonds is 7. The van der Waals surface area contributed by atoms with E-state index in [1.54, 1.807) is 0 Å². The van der Waals surface area contributed by atoms with Crippen LogP contribution >= 0.6 is 11.8 Å². The molecule has 3 aromatic rings. The van der Waals surface area contributed by atoms with E-state index < -0.39 is 11.5 Å². The molecule has 28 heavy (non-hydrogen) atoms. The third-order valence-electron chi connectivity index (χ3n) is 4.89. The summed E-state index contributed by atoms with van der Waals surface area (Å²) in [6, 6.07) is 11.6. The molecule has 0 radical (unpaired) electrons. The molecule has 1 fully saturated rings. The van der Waals surface area contributed by atoms with Gasteiger partial charge in [0.15, 0.2) is 0 Å². The first kappa shape index (κ1) is 18.5. The number of benzene rings is 1. The Labute approximate surface area is 165 Å². The van der Waals surface area contributed by atoms with Crippen LogP contribution < -0.4 is 10.3 Å². The van der Waals surface area contributed by atoms with Gasteiger partial charge in [-0.25, -0.2) is 4.79 Å². The number of ether oxygens (including phenoxy) is 1. The van der Waals surface area contributed by atoms with E-state index in [4.69, 9.17) is 4.74 Å². The molecule has 0 spiro atoms. The van der Waals surface area contributed by atoms with Crippen molar-refractivity contribution in [2.75, 3.05) is 6.61 Å². The molecule has 0 saturated heterocycles. The van der Waals surface area contributed by atoms with Gasteiger partial charge in [-0.1, -0.05) is 30.3 Å². The molecular weight excluding hydrogens is 378 g/mol. The number of aryl methyl sites for hydroxylation is 1. The standard InChI is InChI=1S/C20H19N3O4S/c1-23-16-14(9-15(18(23)24)19(25)26)10-21-22-17(16)27-12-20(7-8-20)28-11-13-5-3-2-4-6-13/h2-6,9-10H,7-8,11-12H2,1H3,(H,25,26). The number of fused-ring (bicyclic) bond motifs is 1. The van der Waals surface area contributed by atoms with E-state index in [2.05, 4.69) is 22.3 Å². The number of aromatic carboxylic acids is 1. The van der Waals surface area contributed by atoms with E-state index in [0.717, 1.165) is 18.6 Å². The first-order valence-electron chi connectivity index (χ1n) is 8.88. The first-order valence-corrected chi connectivity index (χ1v) is 9.87. The van der Waals surface area contributed by atoms with Crippen LogP contribution in [0.3, 0.4) is 0 Å². The summed E-state index contributed by atoms with van der Waals surface area (Å²) < 4.78 is 7.27. The SMILES string of the molecule is Cn1c(=O)c(C(=O)O)cc2cnnc(OCC3(SCc4ccccc4)CC3)c21. The Morgan fingerprint density at radius 2 is 2.07 bits per heavy atom. The average Bonchev–Trinajstić information content (AvgIpc) is 3.48. The summed E-state index contributed by atoms with van der Waals surface area (Å²) in [5.74, 6) is -0.108. The zero-order valence-electron chi connectivity index (χ0n) is 15.3. The van der Waals surface area contributed by atoms with Crippen LogP contribution in [-0.2, 0) is 12.8 Å². The summed E-state index contributed by atoms with van der Waals surface area (Å²) in [7, 11) is 1.52. The number of aromatic nitrogens is 3. The van der Waals surface area contributed by atoms with Crippen molar-refractivity contribution in [3.63, 3.8) is 0 Å². The minimum atomic E-state index is -1.27. The smallest absolute Gasteiger partial charge is 0.341 e. The van der Waals surface area contributed by atoms with Crippen molar-refractivity contribution in [2.45, 2.75) is 23.3 Å². The van der Waals surface area contributed by atoms with Crippen LogP contribution in [0.4, 0.5) is 0 Å². The lowest BCUT2D eigenvalue weighted by molar-refractivity contribution is 0.0694. The Kier molecular flexibility index (Phi) is 4.80. The van der Waals surface area contributed by atoms with Gasteiger partial charge in [0.25, 0.3) is 11.4 Å². The quantitative estimate of drug-likeness (QED) is 0.655. The van der Waals surface area contributed by atoms with Gasteiger partial charge in [0.05, 0.1) is 10.9 Å². The largest absolute Gasteiger partial charge is 0.477 e. The van der Waals surface area contributed by atoms with Gasteiger partial charge >= 0.3 is 5.97 Å². The fourth-order valence-corrected chi connectivity index (χ4v) is 4.25. The van der Waals surface area contributed by atoms with Crippen molar-refractivity contribution in [1.82, 2.24) is 14.8 Å². The molecule has 0 atom stereocenters. The number of hydrogen-bond donors (Lipinski definition) is 1. The van der Waals surface area contributed by atoms with Gasteiger partial charge < -0.3 is 14.4 Å². The van der Waals surface area contributed by atoms with Crippen molar-refractivity contribution in [2.24, 2.45) is 7.05 Å². The lowest BCUT2D eigenvalue weighted by Gasteiger charge is -2.17. The monoisotopic (exact) mass is 397 g/mol. The van der Waals surface area contributed by atoms with Crippen molar-refractivity contribution in [3.8, 4) is 5.88 Å². The minimum absolute atomic E-state index is 0.0412. The van der Waals surface area contributed by atoms with Crippen molar-refractivity contribution in [3.05, 3.63) is 64.1 Å². The molecule has 1 N–H and O–H groups in total. The highest BCUT2D eigenvalue weighted by Crippen LogP contribution is 2.50. The molecule has 2 heterocycles. The van der Waals surface area contributed by atoms with Crippen molar-refractivity contribution >= 4 is 28.6 Å². The van der Waals surface area contributed by atoms with Crippen molar-refractivity contribution in [1.29, 1.82) is 0 Å². The molecule has 1 aromatic carbocycles. The van der Waals surface area contributed by atoms with Crippen molar-refractivity contribution < 1.29 is 14.6 Å². The Morgan fingerprint density at radius 3 is 2.75 bits per heavy atom. The normalized spacial score (nSPS) is 14.8. The summed E-state index contributed by atoms with van der Waals surface area (Å²) in [4.78, 5) is 23.6. The first-order chi connectivity index (χ1) is 13.5. The zero-order valence-corrected chi connectivity index (χ0v) is 16.1. The molecule has 0 aliphatic heterocycles. The van der Waals surface area contributed by atoms with Crippen LogP contribution in [-0.4, -0.2) is 37.2 Å². The topological polar surface area (TPSA) is 94.3 Å². The number of carbonyl (C=O) groups is 1. The fraction of sp³-hybridized carbons (Fsp3) is 0.300. The predicted octanol–water partition coefficient (Wildman–Crippen LogP) is 2.87. The fourth-order valence-electron chi connectivity index (χ4n) is 3.05. The van der Waals surface area contributed by atoms with E-state index in [9.17, 15) is 14.7 Å². The molecule has 8 heteroatoms. The number of hydrogen-bond acceptors (Lipinski definition) is 6. The molecule has 7 nitrogen and oxygen atoms in total. The van der Waals surface area contributed by atoms with E-state index in [0.29, 0.717) is 17.5 Å². The highest BCUT2D eigenvalue weighted by Gasteiger charge is 2.44. The number of carboxylic acid groups (broad SMARTS) is 1. The van der Waals surface area contributed by atoms with Crippen LogP contribution in [0.5, 0.6) is 5.88 Å². The second-order valence-corrected chi connectivity index (χ2v) is 8.37. The Bertz CT molecular complexity index is 1090. The Balaban J connectivity index is 1.54. The maximum atomic E-state index is 12.3. The van der Waals surface area contributed by atoms with Gasteiger partial charge in [0.1, 0.15) is 17.7 Å². The van der Waals surface area contributed by atoms with Gasteiger partial charge in [-0.05, 0) is 24.5 Å². The average molecular weight is 397 g/mol. The molecule has 1 aliphatic rings. The maximum absolute atomic E-state index is 12.3. The van der Waals surface area contributed by atoms with Crippen LogP contribution in [0.25, 0.3) is 10.9 Å². The highest BCUT2D eigenvalue weighted by atomic mass is 32.2. The van der Waals surface area contributed by atoms with Gasteiger partial charge in [-0.2, -0.15) is 5.10 Å². The molecule has 0 amide bonds. The summed E-state index contributed by atoms with van der Waals surface area (Å²) in [6.45, 7) is 0.465. The summed E-state index contributed by atoms with van der Waals surface area (Å²) >= 11 is 1.86. The molecule has 4 rings (SSSR count). The molecule has 0 unspecified atom stereocenters. The summed E-state index contributed by atoms with van der Waals surface area (Å²) in [5, 5.41) is 17.7. The third-order valence-corrected chi connectivity index (χ3v) is 6.51. The maximum Gasteiger partial charge on any atom is 0.341 e. The minimum Gasteiger partial charge on any atom is -0.477 e.